The van der Waals surface area contributed by atoms with E-state index in [1.54, 1.807) is 24.3 Å². The zero-order chi connectivity index (χ0) is 17.4. The van der Waals surface area contributed by atoms with Gasteiger partial charge in [-0.15, -0.1) is 0 Å². The van der Waals surface area contributed by atoms with E-state index in [-0.39, 0.29) is 11.8 Å². The van der Waals surface area contributed by atoms with E-state index >= 15 is 0 Å². The molecular formula is C19H21ClN2O2. The minimum atomic E-state index is -0.0716. The van der Waals surface area contributed by atoms with Crippen LogP contribution in [0.4, 0.5) is 11.4 Å². The third-order valence-corrected chi connectivity index (χ3v) is 3.88. The van der Waals surface area contributed by atoms with Crippen LogP contribution in [-0.4, -0.2) is 11.8 Å². The number of anilines is 2. The predicted molar refractivity (Wildman–Crippen MR) is 98.4 cm³/mol. The number of hydrogen-bond donors (Lipinski definition) is 2. The summed E-state index contributed by atoms with van der Waals surface area (Å²) in [6, 6.07) is 14.6. The number of benzene rings is 2. The number of halogens is 1. The highest BCUT2D eigenvalue weighted by Gasteiger charge is 2.06. The molecule has 0 aliphatic rings. The Kier molecular flexibility index (Phi) is 6.82. The fourth-order valence-electron chi connectivity index (χ4n) is 2.26. The Morgan fingerprint density at radius 1 is 0.875 bits per heavy atom. The van der Waals surface area contributed by atoms with Gasteiger partial charge in [-0.2, -0.15) is 0 Å². The number of amides is 2. The molecule has 0 atom stereocenters. The van der Waals surface area contributed by atoms with Gasteiger partial charge in [0.15, 0.2) is 0 Å². The lowest BCUT2D eigenvalue weighted by Crippen LogP contribution is -2.13. The van der Waals surface area contributed by atoms with Crippen molar-refractivity contribution in [1.29, 1.82) is 0 Å². The minimum absolute atomic E-state index is 0.00553. The Morgan fingerprint density at radius 2 is 1.42 bits per heavy atom. The summed E-state index contributed by atoms with van der Waals surface area (Å²) in [5.41, 5.74) is 2.39. The highest BCUT2D eigenvalue weighted by atomic mass is 35.5. The van der Waals surface area contributed by atoms with Crippen LogP contribution in [0.1, 0.15) is 31.7 Å². The molecule has 0 aliphatic carbocycles. The molecule has 2 rings (SSSR count). The molecule has 0 saturated heterocycles. The van der Waals surface area contributed by atoms with E-state index in [0.717, 1.165) is 17.7 Å². The first kappa shape index (κ1) is 18.0. The minimum Gasteiger partial charge on any atom is -0.326 e. The first-order valence-electron chi connectivity index (χ1n) is 8.01. The Labute approximate surface area is 147 Å². The van der Waals surface area contributed by atoms with Crippen molar-refractivity contribution >= 4 is 34.8 Å². The topological polar surface area (TPSA) is 58.2 Å². The number of rotatable bonds is 7. The Balaban J connectivity index is 1.83. The van der Waals surface area contributed by atoms with Crippen LogP contribution in [0.2, 0.25) is 5.02 Å². The van der Waals surface area contributed by atoms with Crippen LogP contribution in [0.3, 0.4) is 0 Å². The summed E-state index contributed by atoms with van der Waals surface area (Å²) in [5, 5.41) is 6.33. The van der Waals surface area contributed by atoms with Crippen LogP contribution in [-0.2, 0) is 16.0 Å². The molecule has 0 bridgehead atoms. The second kappa shape index (κ2) is 9.08. The molecule has 0 fully saturated rings. The molecule has 2 aromatic rings. The van der Waals surface area contributed by atoms with Crippen LogP contribution >= 0.6 is 11.6 Å². The van der Waals surface area contributed by atoms with E-state index in [4.69, 9.17) is 11.6 Å². The zero-order valence-electron chi connectivity index (χ0n) is 13.6. The average molecular weight is 345 g/mol. The summed E-state index contributed by atoms with van der Waals surface area (Å²) in [4.78, 5) is 23.6. The van der Waals surface area contributed by atoms with Crippen LogP contribution in [0.25, 0.3) is 0 Å². The lowest BCUT2D eigenvalue weighted by atomic mass is 10.1. The largest absolute Gasteiger partial charge is 0.326 e. The molecule has 126 valence electrons. The smallest absolute Gasteiger partial charge is 0.224 e. The number of nitrogens with one attached hydrogen (secondary N) is 2. The summed E-state index contributed by atoms with van der Waals surface area (Å²) in [6.07, 6.45) is 2.27. The summed E-state index contributed by atoms with van der Waals surface area (Å²) in [6.45, 7) is 1.96. The van der Waals surface area contributed by atoms with Gasteiger partial charge in [0.25, 0.3) is 0 Å². The molecule has 0 spiro atoms. The van der Waals surface area contributed by atoms with Crippen molar-refractivity contribution < 1.29 is 9.59 Å². The van der Waals surface area contributed by atoms with Gasteiger partial charge in [-0.05, 0) is 48.7 Å². The summed E-state index contributed by atoms with van der Waals surface area (Å²) >= 11 is 6.08. The molecule has 2 amide bonds. The third kappa shape index (κ3) is 5.70. The van der Waals surface area contributed by atoms with Crippen molar-refractivity contribution in [1.82, 2.24) is 0 Å². The van der Waals surface area contributed by atoms with Gasteiger partial charge in [-0.25, -0.2) is 0 Å². The highest BCUT2D eigenvalue weighted by molar-refractivity contribution is 6.31. The lowest BCUT2D eigenvalue weighted by molar-refractivity contribution is -0.117. The lowest BCUT2D eigenvalue weighted by Gasteiger charge is -2.08. The molecule has 0 aromatic heterocycles. The fourth-order valence-corrected chi connectivity index (χ4v) is 2.49. The third-order valence-electron chi connectivity index (χ3n) is 3.51. The zero-order valence-corrected chi connectivity index (χ0v) is 14.4. The maximum Gasteiger partial charge on any atom is 0.224 e. The van der Waals surface area contributed by atoms with Gasteiger partial charge in [0.1, 0.15) is 0 Å². The molecule has 24 heavy (non-hydrogen) atoms. The number of carbonyl (C=O) groups is 2. The monoisotopic (exact) mass is 344 g/mol. The van der Waals surface area contributed by atoms with Crippen LogP contribution < -0.4 is 10.6 Å². The Hall–Kier alpha value is -2.33. The molecule has 5 heteroatoms. The van der Waals surface area contributed by atoms with E-state index < -0.39 is 0 Å². The molecule has 2 N–H and O–H groups in total. The van der Waals surface area contributed by atoms with Crippen molar-refractivity contribution in [2.75, 3.05) is 10.6 Å². The second-order valence-corrected chi connectivity index (χ2v) is 5.92. The van der Waals surface area contributed by atoms with Gasteiger partial charge in [0, 0.05) is 29.2 Å². The van der Waals surface area contributed by atoms with E-state index in [2.05, 4.69) is 10.6 Å². The van der Waals surface area contributed by atoms with Crippen molar-refractivity contribution in [3.8, 4) is 0 Å². The Bertz CT molecular complexity index is 699. The van der Waals surface area contributed by atoms with Gasteiger partial charge in [-0.1, -0.05) is 36.7 Å². The van der Waals surface area contributed by atoms with E-state index in [1.165, 1.54) is 0 Å². The van der Waals surface area contributed by atoms with Crippen molar-refractivity contribution in [2.24, 2.45) is 0 Å². The van der Waals surface area contributed by atoms with Gasteiger partial charge in [0.05, 0.1) is 0 Å². The molecule has 4 nitrogen and oxygen atoms in total. The first-order chi connectivity index (χ1) is 11.6. The summed E-state index contributed by atoms with van der Waals surface area (Å²) < 4.78 is 0. The second-order valence-electron chi connectivity index (χ2n) is 5.52. The maximum absolute atomic E-state index is 12.0. The van der Waals surface area contributed by atoms with Gasteiger partial charge >= 0.3 is 0 Å². The normalized spacial score (nSPS) is 10.2. The van der Waals surface area contributed by atoms with Gasteiger partial charge in [0.2, 0.25) is 11.8 Å². The maximum atomic E-state index is 12.0. The van der Waals surface area contributed by atoms with Gasteiger partial charge < -0.3 is 10.6 Å². The van der Waals surface area contributed by atoms with Crippen molar-refractivity contribution in [3.05, 3.63) is 59.1 Å². The van der Waals surface area contributed by atoms with Crippen LogP contribution in [0.5, 0.6) is 0 Å². The van der Waals surface area contributed by atoms with Gasteiger partial charge in [-0.3, -0.25) is 9.59 Å². The summed E-state index contributed by atoms with van der Waals surface area (Å²) in [7, 11) is 0. The standard InChI is InChI=1S/C19H21ClN2O2/c1-2-5-18(23)21-15-9-11-16(12-10-15)22-19(24)13-8-14-6-3-4-7-17(14)20/h3-4,6-7,9-12H,2,5,8,13H2,1H3,(H,21,23)(H,22,24). The Morgan fingerprint density at radius 3 is 1.96 bits per heavy atom. The predicted octanol–water partition coefficient (Wildman–Crippen LogP) is 4.65. The fraction of sp³-hybridized carbons (Fsp3) is 0.263. The molecule has 0 heterocycles. The van der Waals surface area contributed by atoms with E-state index in [0.29, 0.717) is 30.0 Å². The average Bonchev–Trinajstić information content (AvgIpc) is 2.56. The number of aryl methyl sites for hydroxylation is 1. The first-order valence-corrected chi connectivity index (χ1v) is 8.39. The molecule has 0 unspecified atom stereocenters. The molecule has 0 radical (unpaired) electrons. The number of carbonyl (C=O) groups excluding carboxylic acids is 2. The van der Waals surface area contributed by atoms with Crippen LogP contribution in [0, 0.1) is 0 Å². The van der Waals surface area contributed by atoms with Crippen LogP contribution in [0.15, 0.2) is 48.5 Å². The molecular weight excluding hydrogens is 324 g/mol. The SMILES string of the molecule is CCCC(=O)Nc1ccc(NC(=O)CCc2ccccc2Cl)cc1. The van der Waals surface area contributed by atoms with Crippen molar-refractivity contribution in [2.45, 2.75) is 32.6 Å². The quantitative estimate of drug-likeness (QED) is 0.768. The van der Waals surface area contributed by atoms with Crippen molar-refractivity contribution in [3.63, 3.8) is 0 Å². The highest BCUT2D eigenvalue weighted by Crippen LogP contribution is 2.18. The number of hydrogen-bond acceptors (Lipinski definition) is 2. The summed E-state index contributed by atoms with van der Waals surface area (Å²) in [5.74, 6) is -0.0771. The molecule has 0 aliphatic heterocycles. The van der Waals surface area contributed by atoms with E-state index in [1.807, 2.05) is 31.2 Å². The molecule has 0 saturated carbocycles. The molecule has 2 aromatic carbocycles. The van der Waals surface area contributed by atoms with E-state index in [9.17, 15) is 9.59 Å².